The van der Waals surface area contributed by atoms with Crippen LogP contribution in [-0.4, -0.2) is 18.5 Å². The largest absolute Gasteiger partial charge is 0.452 e. The first-order valence-corrected chi connectivity index (χ1v) is 8.41. The molecule has 2 aromatic carbocycles. The van der Waals surface area contributed by atoms with Crippen LogP contribution >= 0.6 is 23.4 Å². The van der Waals surface area contributed by atoms with Crippen molar-refractivity contribution < 1.29 is 14.3 Å². The van der Waals surface area contributed by atoms with Crippen LogP contribution in [0.25, 0.3) is 0 Å². The molecule has 0 saturated heterocycles. The number of carbonyl (C=O) groups is 2. The smallest absolute Gasteiger partial charge is 0.331 e. The molecule has 0 bridgehead atoms. The fourth-order valence-electron chi connectivity index (χ4n) is 1.81. The van der Waals surface area contributed by atoms with Gasteiger partial charge in [-0.2, -0.15) is 0 Å². The summed E-state index contributed by atoms with van der Waals surface area (Å²) in [6, 6.07) is 14.7. The number of nitrogens with one attached hydrogen (secondary N) is 1. The molecule has 0 atom stereocenters. The maximum absolute atomic E-state index is 11.8. The van der Waals surface area contributed by atoms with E-state index in [1.54, 1.807) is 23.6 Å². The Balaban J connectivity index is 1.75. The lowest BCUT2D eigenvalue weighted by Crippen LogP contribution is -2.20. The van der Waals surface area contributed by atoms with E-state index in [2.05, 4.69) is 5.32 Å². The van der Waals surface area contributed by atoms with Crippen molar-refractivity contribution in [3.05, 3.63) is 70.6 Å². The van der Waals surface area contributed by atoms with Crippen LogP contribution in [0.4, 0.5) is 5.69 Å². The second-order valence-corrected chi connectivity index (χ2v) is 6.26. The molecule has 0 aliphatic heterocycles. The molecule has 0 aliphatic carbocycles. The van der Waals surface area contributed by atoms with Crippen molar-refractivity contribution in [1.29, 1.82) is 0 Å². The number of hydrogen-bond donors (Lipinski definition) is 1. The molecule has 0 fully saturated rings. The highest BCUT2D eigenvalue weighted by atomic mass is 35.5. The predicted molar refractivity (Wildman–Crippen MR) is 97.2 cm³/mol. The summed E-state index contributed by atoms with van der Waals surface area (Å²) in [5.74, 6) is -0.973. The van der Waals surface area contributed by atoms with Gasteiger partial charge in [0, 0.05) is 21.7 Å². The molecule has 0 unspecified atom stereocenters. The Kier molecular flexibility index (Phi) is 6.90. The van der Waals surface area contributed by atoms with Crippen molar-refractivity contribution in [3.8, 4) is 0 Å². The van der Waals surface area contributed by atoms with Crippen molar-refractivity contribution in [3.63, 3.8) is 0 Å². The highest BCUT2D eigenvalue weighted by Crippen LogP contribution is 2.19. The van der Waals surface area contributed by atoms with Gasteiger partial charge in [0.15, 0.2) is 6.61 Å². The highest BCUT2D eigenvalue weighted by molar-refractivity contribution is 8.02. The van der Waals surface area contributed by atoms with Crippen LogP contribution in [-0.2, 0) is 14.3 Å². The molecule has 0 heterocycles. The Morgan fingerprint density at radius 2 is 1.96 bits per heavy atom. The van der Waals surface area contributed by atoms with E-state index in [0.29, 0.717) is 10.7 Å². The van der Waals surface area contributed by atoms with E-state index >= 15 is 0 Å². The average molecular weight is 362 g/mol. The maximum atomic E-state index is 11.8. The first kappa shape index (κ1) is 18.1. The monoisotopic (exact) mass is 361 g/mol. The van der Waals surface area contributed by atoms with Gasteiger partial charge in [0.2, 0.25) is 0 Å². The molecule has 4 nitrogen and oxygen atoms in total. The Labute approximate surface area is 149 Å². The summed E-state index contributed by atoms with van der Waals surface area (Å²) in [7, 11) is 0. The van der Waals surface area contributed by atoms with Crippen molar-refractivity contribution >= 4 is 40.9 Å². The van der Waals surface area contributed by atoms with E-state index in [9.17, 15) is 9.59 Å². The first-order chi connectivity index (χ1) is 11.5. The number of anilines is 1. The minimum Gasteiger partial charge on any atom is -0.452 e. The molecule has 1 amide bonds. The number of amides is 1. The second kappa shape index (κ2) is 9.15. The van der Waals surface area contributed by atoms with Crippen LogP contribution in [0.15, 0.2) is 64.9 Å². The van der Waals surface area contributed by atoms with Crippen molar-refractivity contribution in [2.75, 3.05) is 11.9 Å². The minimum absolute atomic E-state index is 0.346. The molecule has 124 valence electrons. The number of hydrogen-bond acceptors (Lipinski definition) is 4. The van der Waals surface area contributed by atoms with Crippen molar-refractivity contribution in [2.45, 2.75) is 11.8 Å². The summed E-state index contributed by atoms with van der Waals surface area (Å²) in [6.07, 6.45) is 1.29. The average Bonchev–Trinajstić information content (AvgIpc) is 2.56. The van der Waals surface area contributed by atoms with E-state index in [4.69, 9.17) is 16.3 Å². The van der Waals surface area contributed by atoms with Crippen LogP contribution < -0.4 is 5.32 Å². The summed E-state index contributed by atoms with van der Waals surface area (Å²) in [4.78, 5) is 24.4. The van der Waals surface area contributed by atoms with E-state index in [1.807, 2.05) is 37.3 Å². The van der Waals surface area contributed by atoms with Crippen molar-refractivity contribution in [2.24, 2.45) is 0 Å². The summed E-state index contributed by atoms with van der Waals surface area (Å²) >= 11 is 7.25. The van der Waals surface area contributed by atoms with Gasteiger partial charge in [0.05, 0.1) is 0 Å². The maximum Gasteiger partial charge on any atom is 0.331 e. The van der Waals surface area contributed by atoms with E-state index in [0.717, 1.165) is 10.5 Å². The van der Waals surface area contributed by atoms with Gasteiger partial charge in [-0.3, -0.25) is 4.79 Å². The Morgan fingerprint density at radius 3 is 2.67 bits per heavy atom. The molecule has 0 spiro atoms. The summed E-state index contributed by atoms with van der Waals surface area (Å²) in [6.45, 7) is 1.48. The number of benzene rings is 2. The van der Waals surface area contributed by atoms with Gasteiger partial charge in [-0.1, -0.05) is 41.6 Å². The fourth-order valence-corrected chi connectivity index (χ4v) is 2.68. The molecular weight excluding hydrogens is 346 g/mol. The van der Waals surface area contributed by atoms with E-state index < -0.39 is 11.9 Å². The zero-order chi connectivity index (χ0) is 17.4. The van der Waals surface area contributed by atoms with Gasteiger partial charge in [0.1, 0.15) is 0 Å². The Bertz CT molecular complexity index is 747. The minimum atomic E-state index is -0.568. The molecule has 2 aromatic rings. The molecule has 0 aromatic heterocycles. The second-order valence-electron chi connectivity index (χ2n) is 4.85. The molecule has 24 heavy (non-hydrogen) atoms. The predicted octanol–water partition coefficient (Wildman–Crippen LogP) is 4.44. The number of halogens is 1. The lowest BCUT2D eigenvalue weighted by molar-refractivity contribution is -0.142. The lowest BCUT2D eigenvalue weighted by atomic mass is 10.2. The third-order valence-electron chi connectivity index (χ3n) is 2.96. The number of aryl methyl sites for hydroxylation is 1. The van der Waals surface area contributed by atoms with Crippen LogP contribution in [0.1, 0.15) is 5.56 Å². The third kappa shape index (κ3) is 6.10. The lowest BCUT2D eigenvalue weighted by Gasteiger charge is -2.08. The van der Waals surface area contributed by atoms with Gasteiger partial charge in [0.25, 0.3) is 5.91 Å². The third-order valence-corrected chi connectivity index (χ3v) is 4.01. The SMILES string of the molecule is Cc1cc(Cl)ccc1NC(=O)COC(=O)/C=C/Sc1ccccc1. The fraction of sp³-hybridized carbons (Fsp3) is 0.111. The van der Waals surface area contributed by atoms with Crippen LogP contribution in [0.2, 0.25) is 5.02 Å². The van der Waals surface area contributed by atoms with Gasteiger partial charge in [-0.15, -0.1) is 0 Å². The number of esters is 1. The van der Waals surface area contributed by atoms with Crippen LogP contribution in [0.5, 0.6) is 0 Å². The molecule has 2 rings (SSSR count). The number of rotatable bonds is 6. The van der Waals surface area contributed by atoms with Gasteiger partial charge >= 0.3 is 5.97 Å². The van der Waals surface area contributed by atoms with Gasteiger partial charge < -0.3 is 10.1 Å². The molecule has 0 radical (unpaired) electrons. The summed E-state index contributed by atoms with van der Waals surface area (Å²) in [5.41, 5.74) is 1.47. The number of thioether (sulfide) groups is 1. The highest BCUT2D eigenvalue weighted by Gasteiger charge is 2.07. The number of carbonyl (C=O) groups excluding carboxylic acids is 2. The molecule has 0 saturated carbocycles. The number of ether oxygens (including phenoxy) is 1. The van der Waals surface area contributed by atoms with Crippen LogP contribution in [0, 0.1) is 6.92 Å². The normalized spacial score (nSPS) is 10.6. The molecule has 0 aliphatic rings. The zero-order valence-electron chi connectivity index (χ0n) is 13.0. The first-order valence-electron chi connectivity index (χ1n) is 7.15. The van der Waals surface area contributed by atoms with Crippen LogP contribution in [0.3, 0.4) is 0 Å². The standard InChI is InChI=1S/C18H16ClNO3S/c1-13-11-14(19)7-8-16(13)20-17(21)12-23-18(22)9-10-24-15-5-3-2-4-6-15/h2-11H,12H2,1H3,(H,20,21)/b10-9+. The molecule has 1 N–H and O–H groups in total. The van der Waals surface area contributed by atoms with E-state index in [1.165, 1.54) is 17.8 Å². The quantitative estimate of drug-likeness (QED) is 0.469. The van der Waals surface area contributed by atoms with Gasteiger partial charge in [-0.25, -0.2) is 4.79 Å². The van der Waals surface area contributed by atoms with Gasteiger partial charge in [-0.05, 0) is 48.2 Å². The molecular formula is C18H16ClNO3S. The Morgan fingerprint density at radius 1 is 1.21 bits per heavy atom. The van der Waals surface area contributed by atoms with Crippen molar-refractivity contribution in [1.82, 2.24) is 0 Å². The zero-order valence-corrected chi connectivity index (χ0v) is 14.6. The van der Waals surface area contributed by atoms with E-state index in [-0.39, 0.29) is 6.61 Å². The Hall–Kier alpha value is -2.24. The topological polar surface area (TPSA) is 55.4 Å². The summed E-state index contributed by atoms with van der Waals surface area (Å²) in [5, 5.41) is 4.89. The summed E-state index contributed by atoms with van der Waals surface area (Å²) < 4.78 is 4.90. The molecule has 6 heteroatoms.